The molecule has 13 heteroatoms. The summed E-state index contributed by atoms with van der Waals surface area (Å²) in [4.78, 5) is 54.4. The average Bonchev–Trinajstić information content (AvgIpc) is 3.81. The van der Waals surface area contributed by atoms with Crippen LogP contribution in [0.25, 0.3) is 21.6 Å². The molecule has 1 aromatic carbocycles. The van der Waals surface area contributed by atoms with E-state index in [1.54, 1.807) is 4.90 Å². The monoisotopic (exact) mass is 788 g/mol. The van der Waals surface area contributed by atoms with Gasteiger partial charge in [0.2, 0.25) is 0 Å². The van der Waals surface area contributed by atoms with Crippen LogP contribution in [0.1, 0.15) is 98.7 Å². The van der Waals surface area contributed by atoms with Crippen LogP contribution >= 0.6 is 11.3 Å². The number of H-pyrrole nitrogens is 1. The van der Waals surface area contributed by atoms with Gasteiger partial charge in [-0.25, -0.2) is 9.97 Å². The molecule has 0 spiro atoms. The Bertz CT molecular complexity index is 1810. The number of hydrogen-bond donors (Lipinski definition) is 2. The zero-order chi connectivity index (χ0) is 36.4. The van der Waals surface area contributed by atoms with Gasteiger partial charge in [-0.05, 0) is 44.6 Å². The zero-order valence-electron chi connectivity index (χ0n) is 30.5. The van der Waals surface area contributed by atoms with Crippen LogP contribution in [0.5, 0.6) is 5.75 Å². The van der Waals surface area contributed by atoms with Gasteiger partial charge in [-0.3, -0.25) is 14.4 Å². The van der Waals surface area contributed by atoms with E-state index in [1.807, 2.05) is 71.9 Å². The van der Waals surface area contributed by atoms with Gasteiger partial charge in [0, 0.05) is 64.1 Å². The number of fused-ring (bicyclic) bond motifs is 1. The van der Waals surface area contributed by atoms with E-state index in [0.29, 0.717) is 71.2 Å². The Morgan fingerprint density at radius 3 is 2.47 bits per heavy atom. The number of rotatable bonds is 13. The molecule has 4 aromatic rings. The van der Waals surface area contributed by atoms with E-state index in [9.17, 15) is 19.6 Å². The predicted molar refractivity (Wildman–Crippen MR) is 195 cm³/mol. The van der Waals surface area contributed by atoms with Crippen molar-refractivity contribution < 1.29 is 56.6 Å². The largest absolute Gasteiger partial charge is 0.549 e. The quantitative estimate of drug-likeness (QED) is 0.0813. The van der Waals surface area contributed by atoms with E-state index in [-0.39, 0.29) is 56.0 Å². The van der Waals surface area contributed by atoms with E-state index in [1.165, 1.54) is 37.0 Å². The number of carbonyl (C=O) groups is 3. The van der Waals surface area contributed by atoms with E-state index in [0.717, 1.165) is 18.1 Å². The van der Waals surface area contributed by atoms with Gasteiger partial charge in [-0.2, -0.15) is 24.7 Å². The van der Waals surface area contributed by atoms with Crippen molar-refractivity contribution >= 4 is 39.8 Å². The van der Waals surface area contributed by atoms with E-state index < -0.39 is 17.2 Å². The first-order valence-corrected chi connectivity index (χ1v) is 17.9. The minimum absolute atomic E-state index is 0. The van der Waals surface area contributed by atoms with Gasteiger partial charge >= 0.3 is 0 Å². The first kappa shape index (κ1) is 41.9. The molecular formula is C38H47N6O5SY-. The molecular weight excluding hydrogens is 741 g/mol. The number of nitrogens with zero attached hydrogens (tertiary/aromatic N) is 4. The predicted octanol–water partition coefficient (Wildman–Crippen LogP) is 7.32. The molecule has 1 atom stereocenters. The van der Waals surface area contributed by atoms with Crippen molar-refractivity contribution in [3.63, 3.8) is 0 Å². The summed E-state index contributed by atoms with van der Waals surface area (Å²) in [6.45, 7) is 13.1. The summed E-state index contributed by atoms with van der Waals surface area (Å²) in [6, 6.07) is 12.1. The standard InChI is InChI=1S/C36H41N6O5S.C2H6.Y/c1-6-22(2)47-17-14-36(3,4)41-33(44)28-21-40-34(48-28)31-30-29(27(46-5)20-39-31)26(19-38-30)32(43)35(45)42-15-12-24(13-16-42)25(18-37)23-10-8-7-9-11-23;1-2;/h7-11,19-21,24-25,38H,6,12-17H2,1-5H3,(H,41,44);1-2H3;/q-1;;. The number of aromatic nitrogens is 3. The minimum atomic E-state index is -0.660. The van der Waals surface area contributed by atoms with Gasteiger partial charge in [-0.15, -0.1) is 11.3 Å². The summed E-state index contributed by atoms with van der Waals surface area (Å²) >= 11 is 1.18. The number of ketones is 1. The Balaban J connectivity index is 0.00000230. The first-order chi connectivity index (χ1) is 24.1. The molecule has 2 N–H and O–H groups in total. The number of methoxy groups -OCH3 is 1. The molecule has 2 amide bonds. The summed E-state index contributed by atoms with van der Waals surface area (Å²) in [7, 11) is 1.47. The van der Waals surface area contributed by atoms with E-state index in [2.05, 4.69) is 26.3 Å². The summed E-state index contributed by atoms with van der Waals surface area (Å²) in [6.07, 6.45) is 8.17. The second kappa shape index (κ2) is 19.4. The Kier molecular flexibility index (Phi) is 15.9. The fourth-order valence-corrected chi connectivity index (χ4v) is 6.74. The maximum atomic E-state index is 13.7. The molecule has 51 heavy (non-hydrogen) atoms. The minimum Gasteiger partial charge on any atom is -0.549 e. The number of piperidine rings is 1. The number of pyridine rings is 1. The topological polar surface area (TPSA) is 150 Å². The van der Waals surface area contributed by atoms with Crippen molar-refractivity contribution in [3.05, 3.63) is 71.0 Å². The van der Waals surface area contributed by atoms with Crippen molar-refractivity contribution in [2.24, 2.45) is 5.92 Å². The first-order valence-electron chi connectivity index (χ1n) is 17.1. The van der Waals surface area contributed by atoms with Crippen LogP contribution in [0.3, 0.4) is 0 Å². The second-order valence-corrected chi connectivity index (χ2v) is 13.7. The fraction of sp³-hybridized carbons (Fsp3) is 0.447. The third kappa shape index (κ3) is 10.1. The van der Waals surface area contributed by atoms with Crippen LogP contribution in [0, 0.1) is 23.4 Å². The van der Waals surface area contributed by atoms with E-state index >= 15 is 0 Å². The number of ether oxygens (including phenoxy) is 2. The van der Waals surface area contributed by atoms with Crippen LogP contribution in [-0.2, 0) is 42.2 Å². The number of thiazole rings is 1. The number of hydrogen-bond acceptors (Lipinski definition) is 9. The van der Waals surface area contributed by atoms with Gasteiger partial charge < -0.3 is 24.7 Å². The summed E-state index contributed by atoms with van der Waals surface area (Å²) in [5.41, 5.74) is 1.55. The number of Topliss-reactive ketones (excluding diaryl/α,β-unsaturated/α-hetero) is 1. The number of carbonyl (C=O) groups excluding carboxylic acids is 3. The van der Waals surface area contributed by atoms with Crippen molar-refractivity contribution in [3.8, 4) is 22.5 Å². The van der Waals surface area contributed by atoms with Crippen molar-refractivity contribution in [2.75, 3.05) is 26.8 Å². The van der Waals surface area contributed by atoms with Crippen LogP contribution in [0.2, 0.25) is 0 Å². The molecule has 1 unspecified atom stereocenters. The number of nitriles is 1. The van der Waals surface area contributed by atoms with Crippen molar-refractivity contribution in [1.29, 1.82) is 5.26 Å². The number of benzene rings is 1. The molecule has 0 saturated carbocycles. The Hall–Kier alpha value is -3.50. The molecule has 3 aromatic heterocycles. The number of aromatic amines is 1. The van der Waals surface area contributed by atoms with Crippen LogP contribution < -0.4 is 10.1 Å². The third-order valence-electron chi connectivity index (χ3n) is 8.89. The molecule has 1 aliphatic rings. The average molecular weight is 789 g/mol. The van der Waals surface area contributed by atoms with Crippen LogP contribution in [0.4, 0.5) is 0 Å². The maximum Gasteiger partial charge on any atom is 0.295 e. The summed E-state index contributed by atoms with van der Waals surface area (Å²) < 4.78 is 11.3. The summed E-state index contributed by atoms with van der Waals surface area (Å²) in [5, 5.41) is 13.8. The molecule has 1 saturated heterocycles. The van der Waals surface area contributed by atoms with Gasteiger partial charge in [0.1, 0.15) is 21.3 Å². The summed E-state index contributed by atoms with van der Waals surface area (Å²) in [5.74, 6) is -1.36. The van der Waals surface area contributed by atoms with Gasteiger partial charge in [-0.1, -0.05) is 51.1 Å². The Labute approximate surface area is 329 Å². The molecule has 1 aliphatic heterocycles. The van der Waals surface area contributed by atoms with Crippen LogP contribution in [0.15, 0.2) is 48.9 Å². The molecule has 1 fully saturated rings. The second-order valence-electron chi connectivity index (χ2n) is 12.6. The molecule has 0 aliphatic carbocycles. The van der Waals surface area contributed by atoms with E-state index in [4.69, 9.17) is 9.47 Å². The number of likely N-dealkylation sites (tertiary alicyclic amines) is 1. The molecule has 269 valence electrons. The molecule has 1 radical (unpaired) electrons. The normalized spacial score (nSPS) is 13.8. The molecule has 11 nitrogen and oxygen atoms in total. The molecule has 5 rings (SSSR count). The molecule has 4 heterocycles. The SMILES string of the molecule is CC.CC[C-](C)OCCC(C)(C)NC(=O)c1cnc(-c2ncc(OC)c3c(C(=O)C(=O)N4CCC(C(C#N)c5ccccc5)CC4)c[nH]c23)s1.[Y]. The van der Waals surface area contributed by atoms with Crippen molar-refractivity contribution in [2.45, 2.75) is 78.7 Å². The Morgan fingerprint density at radius 2 is 1.84 bits per heavy atom. The zero-order valence-corrected chi connectivity index (χ0v) is 34.2. The van der Waals surface area contributed by atoms with Crippen LogP contribution in [-0.4, -0.2) is 69.8 Å². The fourth-order valence-electron chi connectivity index (χ4n) is 5.92. The smallest absolute Gasteiger partial charge is 0.295 e. The number of nitrogens with one attached hydrogen (secondary N) is 2. The van der Waals surface area contributed by atoms with Gasteiger partial charge in [0.15, 0.2) is 0 Å². The molecule has 0 bridgehead atoms. The Morgan fingerprint density at radius 1 is 1.16 bits per heavy atom. The van der Waals surface area contributed by atoms with Gasteiger partial charge in [0.25, 0.3) is 17.6 Å². The van der Waals surface area contributed by atoms with Crippen molar-refractivity contribution in [1.82, 2.24) is 25.2 Å². The van der Waals surface area contributed by atoms with Gasteiger partial charge in [0.05, 0.1) is 48.0 Å². The third-order valence-corrected chi connectivity index (χ3v) is 9.89. The number of amides is 2. The maximum absolute atomic E-state index is 13.7.